The second kappa shape index (κ2) is 12.1. The Balaban J connectivity index is 1.44. The second-order valence-corrected chi connectivity index (χ2v) is 16.1. The first-order valence-corrected chi connectivity index (χ1v) is 18.4. The van der Waals surface area contributed by atoms with Gasteiger partial charge in [-0.2, -0.15) is 0 Å². The smallest absolute Gasteiger partial charge is 0.0546 e. The summed E-state index contributed by atoms with van der Waals surface area (Å²) in [4.78, 5) is 2.62. The summed E-state index contributed by atoms with van der Waals surface area (Å²) in [6.45, 7) is 14.1. The molecular weight excluding hydrogens is 591 g/mol. The minimum Gasteiger partial charge on any atom is -0.310 e. The number of benzene rings is 6. The van der Waals surface area contributed by atoms with E-state index in [1.54, 1.807) is 0 Å². The largest absolute Gasteiger partial charge is 0.310 e. The van der Waals surface area contributed by atoms with Gasteiger partial charge in [-0.1, -0.05) is 145 Å². The van der Waals surface area contributed by atoms with Crippen LogP contribution in [0.15, 0.2) is 121 Å². The Labute approximate surface area is 293 Å². The molecule has 0 aliphatic heterocycles. The fourth-order valence-electron chi connectivity index (χ4n) is 8.96. The monoisotopic (exact) mass is 639 g/mol. The molecule has 2 aliphatic rings. The van der Waals surface area contributed by atoms with Crippen LogP contribution in [0.2, 0.25) is 0 Å². The lowest BCUT2D eigenvalue weighted by molar-refractivity contribution is 0.444. The Kier molecular flexibility index (Phi) is 7.79. The molecule has 1 nitrogen and oxygen atoms in total. The first-order chi connectivity index (χ1) is 23.6. The molecule has 2 aliphatic carbocycles. The van der Waals surface area contributed by atoms with Crippen LogP contribution >= 0.6 is 0 Å². The van der Waals surface area contributed by atoms with Gasteiger partial charge in [0.15, 0.2) is 0 Å². The van der Waals surface area contributed by atoms with E-state index in [1.165, 1.54) is 110 Å². The van der Waals surface area contributed by atoms with E-state index in [4.69, 9.17) is 0 Å². The molecule has 49 heavy (non-hydrogen) atoms. The number of rotatable bonds is 5. The molecule has 1 saturated carbocycles. The van der Waals surface area contributed by atoms with E-state index >= 15 is 0 Å². The van der Waals surface area contributed by atoms with Crippen molar-refractivity contribution in [2.45, 2.75) is 90.4 Å². The van der Waals surface area contributed by atoms with Crippen LogP contribution in [0.3, 0.4) is 0 Å². The van der Waals surface area contributed by atoms with Crippen molar-refractivity contribution in [3.8, 4) is 22.3 Å². The van der Waals surface area contributed by atoms with Crippen LogP contribution in [0, 0.1) is 6.92 Å². The molecule has 8 rings (SSSR count). The summed E-state index contributed by atoms with van der Waals surface area (Å²) in [5, 5.41) is 2.53. The highest BCUT2D eigenvalue weighted by molar-refractivity contribution is 6.00. The first-order valence-electron chi connectivity index (χ1n) is 18.4. The Morgan fingerprint density at radius 1 is 0.592 bits per heavy atom. The van der Waals surface area contributed by atoms with Gasteiger partial charge in [0, 0.05) is 22.4 Å². The van der Waals surface area contributed by atoms with Crippen molar-refractivity contribution < 1.29 is 0 Å². The molecule has 0 atom stereocenters. The average Bonchev–Trinajstić information content (AvgIpc) is 3.35. The van der Waals surface area contributed by atoms with Crippen LogP contribution < -0.4 is 4.90 Å². The number of para-hydroxylation sites is 1. The predicted octanol–water partition coefficient (Wildman–Crippen LogP) is 13.9. The van der Waals surface area contributed by atoms with Gasteiger partial charge < -0.3 is 4.90 Å². The maximum absolute atomic E-state index is 2.62. The minimum absolute atomic E-state index is 0.00836. The molecule has 0 spiro atoms. The van der Waals surface area contributed by atoms with E-state index in [0.717, 1.165) is 0 Å². The summed E-state index contributed by atoms with van der Waals surface area (Å²) in [7, 11) is 0. The van der Waals surface area contributed by atoms with Crippen LogP contribution in [0.25, 0.3) is 33.0 Å². The van der Waals surface area contributed by atoms with Gasteiger partial charge in [0.25, 0.3) is 0 Å². The predicted molar refractivity (Wildman–Crippen MR) is 211 cm³/mol. The Morgan fingerprint density at radius 3 is 2.06 bits per heavy atom. The number of nitrogens with zero attached hydrogens (tertiary/aromatic N) is 1. The van der Waals surface area contributed by atoms with Crippen molar-refractivity contribution in [1.82, 2.24) is 0 Å². The molecule has 1 heteroatoms. The summed E-state index contributed by atoms with van der Waals surface area (Å²) >= 11 is 0. The van der Waals surface area contributed by atoms with Gasteiger partial charge in [0.05, 0.1) is 5.69 Å². The van der Waals surface area contributed by atoms with Gasteiger partial charge in [-0.25, -0.2) is 0 Å². The lowest BCUT2D eigenvalue weighted by atomic mass is 9.80. The molecule has 0 aromatic heterocycles. The summed E-state index contributed by atoms with van der Waals surface area (Å²) in [5.41, 5.74) is 16.1. The fourth-order valence-corrected chi connectivity index (χ4v) is 8.96. The zero-order chi connectivity index (χ0) is 33.9. The van der Waals surface area contributed by atoms with Crippen molar-refractivity contribution in [3.05, 3.63) is 149 Å². The summed E-state index contributed by atoms with van der Waals surface area (Å²) < 4.78 is 0. The zero-order valence-electron chi connectivity index (χ0n) is 30.1. The third kappa shape index (κ3) is 5.39. The lowest BCUT2D eigenvalue weighted by Crippen LogP contribution is -2.19. The van der Waals surface area contributed by atoms with Crippen LogP contribution in [-0.4, -0.2) is 0 Å². The van der Waals surface area contributed by atoms with E-state index in [-0.39, 0.29) is 10.8 Å². The van der Waals surface area contributed by atoms with Crippen molar-refractivity contribution in [1.29, 1.82) is 0 Å². The Morgan fingerprint density at radius 2 is 1.29 bits per heavy atom. The highest BCUT2D eigenvalue weighted by Crippen LogP contribution is 2.53. The van der Waals surface area contributed by atoms with Gasteiger partial charge in [-0.3, -0.25) is 0 Å². The topological polar surface area (TPSA) is 3.24 Å². The molecule has 0 unspecified atom stereocenters. The molecule has 0 N–H and O–H groups in total. The van der Waals surface area contributed by atoms with Crippen LogP contribution in [-0.2, 0) is 10.8 Å². The molecule has 1 fully saturated rings. The molecule has 0 bridgehead atoms. The summed E-state index contributed by atoms with van der Waals surface area (Å²) in [5.74, 6) is 0.566. The fraction of sp³-hybridized carbons (Fsp3) is 0.292. The van der Waals surface area contributed by atoms with Gasteiger partial charge in [0.2, 0.25) is 0 Å². The number of anilines is 3. The van der Waals surface area contributed by atoms with E-state index < -0.39 is 0 Å². The average molecular weight is 640 g/mol. The number of hydrogen-bond donors (Lipinski definition) is 0. The third-order valence-corrected chi connectivity index (χ3v) is 11.5. The molecule has 6 aromatic rings. The third-order valence-electron chi connectivity index (χ3n) is 11.5. The van der Waals surface area contributed by atoms with Gasteiger partial charge in [-0.15, -0.1) is 0 Å². The number of aryl methyl sites for hydroxylation is 1. The van der Waals surface area contributed by atoms with E-state index in [9.17, 15) is 0 Å². The highest BCUT2D eigenvalue weighted by Gasteiger charge is 2.37. The normalized spacial score (nSPS) is 15.6. The van der Waals surface area contributed by atoms with Crippen LogP contribution in [0.1, 0.15) is 100 Å². The molecular formula is C48H49N. The summed E-state index contributed by atoms with van der Waals surface area (Å²) in [6.07, 6.45) is 6.48. The number of hydrogen-bond acceptors (Lipinski definition) is 1. The molecule has 0 heterocycles. The highest BCUT2D eigenvalue weighted by atomic mass is 15.1. The SMILES string of the molecule is Cc1cccc2c1-c1ccc(N(c3cc4ccccc4cc3-c3ccccc3C(C)(C)C)c3ccccc3C3CCCCC3)cc1C2(C)C. The van der Waals surface area contributed by atoms with Crippen LogP contribution in [0.5, 0.6) is 0 Å². The standard InChI is InChI=1S/C48H49N/c1-32-17-16-25-42-46(32)39-28-27-36(31-43(39)48(42,5)6)49(44-26-15-13-22-37(44)33-18-8-7-9-19-33)45-30-35-21-11-10-20-34(35)29-40(45)38-23-12-14-24-41(38)47(2,3)4/h10-17,20-31,33H,7-9,18-19H2,1-6H3. The summed E-state index contributed by atoms with van der Waals surface area (Å²) in [6, 6.07) is 46.3. The van der Waals surface area contributed by atoms with Crippen molar-refractivity contribution in [2.24, 2.45) is 0 Å². The van der Waals surface area contributed by atoms with Crippen molar-refractivity contribution >= 4 is 27.8 Å². The molecule has 246 valence electrons. The molecule has 0 saturated heterocycles. The lowest BCUT2D eigenvalue weighted by Gasteiger charge is -2.34. The van der Waals surface area contributed by atoms with Crippen molar-refractivity contribution in [3.63, 3.8) is 0 Å². The van der Waals surface area contributed by atoms with E-state index in [1.807, 2.05) is 0 Å². The van der Waals surface area contributed by atoms with E-state index in [2.05, 4.69) is 168 Å². The van der Waals surface area contributed by atoms with Crippen LogP contribution in [0.4, 0.5) is 17.1 Å². The molecule has 6 aromatic carbocycles. The Bertz CT molecular complexity index is 2190. The minimum atomic E-state index is -0.0910. The molecule has 0 amide bonds. The quantitative estimate of drug-likeness (QED) is 0.181. The molecule has 0 radical (unpaired) electrons. The first kappa shape index (κ1) is 31.6. The van der Waals surface area contributed by atoms with Gasteiger partial charge >= 0.3 is 0 Å². The maximum Gasteiger partial charge on any atom is 0.0546 e. The Hall–Kier alpha value is -4.62. The zero-order valence-corrected chi connectivity index (χ0v) is 30.1. The number of fused-ring (bicyclic) bond motifs is 4. The van der Waals surface area contributed by atoms with E-state index in [0.29, 0.717) is 5.92 Å². The van der Waals surface area contributed by atoms with Crippen molar-refractivity contribution in [2.75, 3.05) is 4.90 Å². The van der Waals surface area contributed by atoms with Gasteiger partial charge in [0.1, 0.15) is 0 Å². The van der Waals surface area contributed by atoms with Gasteiger partial charge in [-0.05, 0) is 117 Å². The maximum atomic E-state index is 2.62. The second-order valence-electron chi connectivity index (χ2n) is 16.1.